The van der Waals surface area contributed by atoms with Crippen LogP contribution in [0.4, 0.5) is 5.82 Å². The third-order valence-corrected chi connectivity index (χ3v) is 3.62. The first-order chi connectivity index (χ1) is 8.74. The van der Waals surface area contributed by atoms with Crippen LogP contribution in [0.15, 0.2) is 15.6 Å². The Balaban J connectivity index is 2.22. The van der Waals surface area contributed by atoms with Crippen LogP contribution in [0.1, 0.15) is 6.92 Å². The van der Waals surface area contributed by atoms with E-state index >= 15 is 0 Å². The molecule has 2 N–H and O–H groups in total. The highest BCUT2D eigenvalue weighted by atomic mass is 79.9. The molecule has 1 saturated heterocycles. The molecule has 0 saturated carbocycles. The Labute approximate surface area is 114 Å². The van der Waals surface area contributed by atoms with E-state index in [1.165, 1.54) is 6.33 Å². The molecule has 0 aliphatic carbocycles. The largest absolute Gasteiger partial charge is 0.377 e. The fourth-order valence-electron chi connectivity index (χ4n) is 1.99. The number of nitrogens with one attached hydrogen (secondary N) is 2. The molecule has 1 atom stereocenters. The lowest BCUT2D eigenvalue weighted by molar-refractivity contribution is 0.0934. The second kappa shape index (κ2) is 6.31. The van der Waals surface area contributed by atoms with Crippen molar-refractivity contribution in [2.75, 3.05) is 37.7 Å². The molecule has 2 heterocycles. The van der Waals surface area contributed by atoms with Crippen molar-refractivity contribution in [3.8, 4) is 0 Å². The molecule has 7 heteroatoms. The van der Waals surface area contributed by atoms with Gasteiger partial charge in [-0.3, -0.25) is 4.79 Å². The summed E-state index contributed by atoms with van der Waals surface area (Å²) < 4.78 is 5.97. The number of nitrogens with zero attached hydrogens (tertiary/aromatic N) is 2. The monoisotopic (exact) mass is 316 g/mol. The van der Waals surface area contributed by atoms with E-state index in [9.17, 15) is 4.79 Å². The lowest BCUT2D eigenvalue weighted by atomic mass is 10.2. The van der Waals surface area contributed by atoms with Gasteiger partial charge in [-0.1, -0.05) is 6.92 Å². The number of H-pyrrole nitrogens is 1. The third kappa shape index (κ3) is 2.90. The van der Waals surface area contributed by atoms with Gasteiger partial charge in [0.05, 0.1) is 25.6 Å². The summed E-state index contributed by atoms with van der Waals surface area (Å²) in [5, 5.41) is 3.30. The summed E-state index contributed by atoms with van der Waals surface area (Å²) in [6.07, 6.45) is 1.43. The van der Waals surface area contributed by atoms with Gasteiger partial charge in [-0.2, -0.15) is 0 Å². The van der Waals surface area contributed by atoms with E-state index in [0.717, 1.165) is 19.6 Å². The second-order valence-corrected chi connectivity index (χ2v) is 4.89. The Kier molecular flexibility index (Phi) is 4.73. The maximum Gasteiger partial charge on any atom is 0.267 e. The molecule has 1 aromatic heterocycles. The van der Waals surface area contributed by atoms with E-state index < -0.39 is 0 Å². The maximum absolute atomic E-state index is 11.6. The highest BCUT2D eigenvalue weighted by Crippen LogP contribution is 2.22. The van der Waals surface area contributed by atoms with Gasteiger partial charge in [-0.05, 0) is 22.5 Å². The number of anilines is 1. The molecule has 1 fully saturated rings. The Morgan fingerprint density at radius 2 is 2.56 bits per heavy atom. The number of rotatable bonds is 4. The van der Waals surface area contributed by atoms with Crippen LogP contribution in [0.25, 0.3) is 0 Å². The molecule has 0 spiro atoms. The van der Waals surface area contributed by atoms with Crippen molar-refractivity contribution in [2.45, 2.75) is 13.0 Å². The fraction of sp³-hybridized carbons (Fsp3) is 0.636. The van der Waals surface area contributed by atoms with Crippen molar-refractivity contribution in [1.82, 2.24) is 15.3 Å². The lowest BCUT2D eigenvalue weighted by Crippen LogP contribution is -2.51. The summed E-state index contributed by atoms with van der Waals surface area (Å²) in [4.78, 5) is 20.5. The smallest absolute Gasteiger partial charge is 0.267 e. The summed E-state index contributed by atoms with van der Waals surface area (Å²) >= 11 is 3.30. The predicted octanol–water partition coefficient (Wildman–Crippen LogP) is 0.347. The van der Waals surface area contributed by atoms with Crippen LogP contribution in [0.3, 0.4) is 0 Å². The molecule has 100 valence electrons. The third-order valence-electron chi connectivity index (χ3n) is 2.91. The highest BCUT2D eigenvalue weighted by molar-refractivity contribution is 9.10. The second-order valence-electron chi connectivity index (χ2n) is 4.10. The van der Waals surface area contributed by atoms with E-state index in [0.29, 0.717) is 23.5 Å². The van der Waals surface area contributed by atoms with Crippen molar-refractivity contribution in [3.05, 3.63) is 21.2 Å². The van der Waals surface area contributed by atoms with Gasteiger partial charge in [-0.15, -0.1) is 0 Å². The lowest BCUT2D eigenvalue weighted by Gasteiger charge is -2.36. The van der Waals surface area contributed by atoms with Gasteiger partial charge in [0.2, 0.25) is 0 Å². The molecule has 0 radical (unpaired) electrons. The van der Waals surface area contributed by atoms with Gasteiger partial charge in [-0.25, -0.2) is 4.98 Å². The summed E-state index contributed by atoms with van der Waals surface area (Å²) in [5.74, 6) is 0.685. The number of likely N-dealkylation sites (N-methyl/N-ethyl adjacent to an activating group) is 1. The predicted molar refractivity (Wildman–Crippen MR) is 73.1 cm³/mol. The minimum absolute atomic E-state index is 0.159. The average Bonchev–Trinajstić information content (AvgIpc) is 2.40. The topological polar surface area (TPSA) is 70.2 Å². The van der Waals surface area contributed by atoms with Crippen molar-refractivity contribution in [1.29, 1.82) is 0 Å². The van der Waals surface area contributed by atoms with E-state index in [2.05, 4.69) is 43.0 Å². The molecule has 18 heavy (non-hydrogen) atoms. The molecule has 0 aromatic carbocycles. The van der Waals surface area contributed by atoms with E-state index in [-0.39, 0.29) is 11.6 Å². The van der Waals surface area contributed by atoms with Crippen molar-refractivity contribution in [2.24, 2.45) is 0 Å². The van der Waals surface area contributed by atoms with Crippen molar-refractivity contribution < 1.29 is 4.74 Å². The van der Waals surface area contributed by atoms with Gasteiger partial charge in [0.1, 0.15) is 4.47 Å². The minimum Gasteiger partial charge on any atom is -0.377 e. The van der Waals surface area contributed by atoms with Crippen LogP contribution in [0.5, 0.6) is 0 Å². The number of aromatic nitrogens is 2. The van der Waals surface area contributed by atoms with Crippen LogP contribution < -0.4 is 15.8 Å². The molecular formula is C11H17BrN4O2. The number of morpholine rings is 1. The van der Waals surface area contributed by atoms with Gasteiger partial charge in [0.25, 0.3) is 5.56 Å². The van der Waals surface area contributed by atoms with Gasteiger partial charge in [0.15, 0.2) is 5.82 Å². The zero-order chi connectivity index (χ0) is 13.0. The SMILES string of the molecule is CCNCC1COCCN1c1nc[nH]c(=O)c1Br. The quantitative estimate of drug-likeness (QED) is 0.838. The molecule has 1 unspecified atom stereocenters. The first-order valence-electron chi connectivity index (χ1n) is 6.02. The Hall–Kier alpha value is -0.920. The molecule has 1 aliphatic rings. The molecule has 2 rings (SSSR count). The van der Waals surface area contributed by atoms with Gasteiger partial charge >= 0.3 is 0 Å². The molecule has 0 bridgehead atoms. The van der Waals surface area contributed by atoms with Crippen LogP contribution in [-0.4, -0.2) is 48.9 Å². The van der Waals surface area contributed by atoms with Gasteiger partial charge in [0, 0.05) is 13.1 Å². The first kappa shape index (κ1) is 13.5. The van der Waals surface area contributed by atoms with Crippen molar-refractivity contribution >= 4 is 21.7 Å². The summed E-state index contributed by atoms with van der Waals surface area (Å²) in [6.45, 7) is 5.84. The first-order valence-corrected chi connectivity index (χ1v) is 6.81. The number of hydrogen-bond donors (Lipinski definition) is 2. The van der Waals surface area contributed by atoms with E-state index in [4.69, 9.17) is 4.74 Å². The zero-order valence-electron chi connectivity index (χ0n) is 10.3. The normalized spacial score (nSPS) is 20.1. The number of ether oxygens (including phenoxy) is 1. The molecule has 1 aliphatic heterocycles. The Morgan fingerprint density at radius 1 is 1.72 bits per heavy atom. The number of halogens is 1. The summed E-state index contributed by atoms with van der Waals surface area (Å²) in [6, 6.07) is 0.198. The highest BCUT2D eigenvalue weighted by Gasteiger charge is 2.26. The van der Waals surface area contributed by atoms with E-state index in [1.54, 1.807) is 0 Å². The zero-order valence-corrected chi connectivity index (χ0v) is 11.9. The molecular weight excluding hydrogens is 300 g/mol. The van der Waals surface area contributed by atoms with Crippen molar-refractivity contribution in [3.63, 3.8) is 0 Å². The fourth-order valence-corrected chi connectivity index (χ4v) is 2.43. The minimum atomic E-state index is -0.159. The average molecular weight is 317 g/mol. The van der Waals surface area contributed by atoms with Crippen LogP contribution >= 0.6 is 15.9 Å². The maximum atomic E-state index is 11.6. The summed E-state index contributed by atoms with van der Waals surface area (Å²) in [7, 11) is 0. The molecule has 0 amide bonds. The van der Waals surface area contributed by atoms with Crippen LogP contribution in [0, 0.1) is 0 Å². The van der Waals surface area contributed by atoms with Gasteiger partial charge < -0.3 is 19.9 Å². The Morgan fingerprint density at radius 3 is 3.33 bits per heavy atom. The standard InChI is InChI=1S/C11H17BrN4O2/c1-2-13-5-8-6-18-4-3-16(8)10-9(12)11(17)15-7-14-10/h7-8,13H,2-6H2,1H3,(H,14,15,17). The van der Waals surface area contributed by atoms with Crippen LogP contribution in [-0.2, 0) is 4.74 Å². The Bertz CT molecular complexity index is 451. The molecule has 6 nitrogen and oxygen atoms in total. The number of aromatic amines is 1. The summed E-state index contributed by atoms with van der Waals surface area (Å²) in [5.41, 5.74) is -0.159. The van der Waals surface area contributed by atoms with Crippen LogP contribution in [0.2, 0.25) is 0 Å². The molecule has 1 aromatic rings. The van der Waals surface area contributed by atoms with E-state index in [1.807, 2.05) is 0 Å². The number of hydrogen-bond acceptors (Lipinski definition) is 5.